The van der Waals surface area contributed by atoms with E-state index in [1.165, 1.54) is 0 Å². The molecule has 0 aliphatic heterocycles. The molecule has 0 heterocycles. The number of carbonyl (C=O) groups excluding carboxylic acids is 1. The molecule has 0 aliphatic rings. The van der Waals surface area contributed by atoms with Crippen LogP contribution < -0.4 is 10.2 Å². The smallest absolute Gasteiger partial charge is 0.289 e. The number of hydroxylamine groups is 1. The molecule has 1 atom stereocenters. The summed E-state index contributed by atoms with van der Waals surface area (Å²) in [4.78, 5) is 12.0. The van der Waals surface area contributed by atoms with Crippen LogP contribution in [0.1, 0.15) is 11.7 Å². The lowest BCUT2D eigenvalue weighted by Crippen LogP contribution is -2.29. The lowest BCUT2D eigenvalue weighted by atomic mass is 10.1. The highest BCUT2D eigenvalue weighted by molar-refractivity contribution is 5.81. The van der Waals surface area contributed by atoms with E-state index in [2.05, 4.69) is 0 Å². The first kappa shape index (κ1) is 15.8. The van der Waals surface area contributed by atoms with Crippen LogP contribution in [0.4, 0.5) is 0 Å². The second-order valence-electron chi connectivity index (χ2n) is 5.28. The van der Waals surface area contributed by atoms with Crippen molar-refractivity contribution in [1.82, 2.24) is 5.48 Å². The maximum Gasteiger partial charge on any atom is 0.289 e. The Labute approximate surface area is 140 Å². The SMILES string of the molecule is O=C(NO)C(Oc1cccc(-c2ccccc2)c1)c1ccccc1. The van der Waals surface area contributed by atoms with Crippen molar-refractivity contribution in [2.45, 2.75) is 6.10 Å². The molecule has 1 amide bonds. The quantitative estimate of drug-likeness (QED) is 0.552. The van der Waals surface area contributed by atoms with Gasteiger partial charge in [-0.1, -0.05) is 72.8 Å². The standard InChI is InChI=1S/C20H17NO3/c22-20(21-23)19(16-10-5-2-6-11-16)24-18-13-7-12-17(14-18)15-8-3-1-4-9-15/h1-14,19,23H,(H,21,22). The van der Waals surface area contributed by atoms with E-state index in [0.717, 1.165) is 11.1 Å². The van der Waals surface area contributed by atoms with Crippen LogP contribution in [0.25, 0.3) is 11.1 Å². The van der Waals surface area contributed by atoms with E-state index >= 15 is 0 Å². The van der Waals surface area contributed by atoms with Crippen molar-refractivity contribution in [3.63, 3.8) is 0 Å². The third-order valence-corrected chi connectivity index (χ3v) is 3.65. The molecular weight excluding hydrogens is 302 g/mol. The molecule has 0 saturated carbocycles. The van der Waals surface area contributed by atoms with Gasteiger partial charge in [0.15, 0.2) is 0 Å². The maximum atomic E-state index is 12.0. The van der Waals surface area contributed by atoms with Gasteiger partial charge in [-0.15, -0.1) is 0 Å². The number of ether oxygens (including phenoxy) is 1. The molecule has 2 N–H and O–H groups in total. The third-order valence-electron chi connectivity index (χ3n) is 3.65. The first-order valence-electron chi connectivity index (χ1n) is 7.59. The van der Waals surface area contributed by atoms with Crippen molar-refractivity contribution in [2.24, 2.45) is 0 Å². The van der Waals surface area contributed by atoms with E-state index in [0.29, 0.717) is 11.3 Å². The van der Waals surface area contributed by atoms with Gasteiger partial charge in [-0.05, 0) is 23.3 Å². The van der Waals surface area contributed by atoms with Gasteiger partial charge < -0.3 is 4.74 Å². The van der Waals surface area contributed by atoms with Gasteiger partial charge in [-0.25, -0.2) is 5.48 Å². The Kier molecular flexibility index (Phi) is 4.89. The number of hydrogen-bond donors (Lipinski definition) is 2. The first-order valence-corrected chi connectivity index (χ1v) is 7.59. The van der Waals surface area contributed by atoms with Crippen molar-refractivity contribution in [3.05, 3.63) is 90.5 Å². The summed E-state index contributed by atoms with van der Waals surface area (Å²) in [5.41, 5.74) is 4.38. The number of carbonyl (C=O) groups is 1. The van der Waals surface area contributed by atoms with Crippen molar-refractivity contribution >= 4 is 5.91 Å². The van der Waals surface area contributed by atoms with E-state index in [1.54, 1.807) is 23.7 Å². The molecule has 0 aromatic heterocycles. The minimum atomic E-state index is -0.928. The zero-order valence-electron chi connectivity index (χ0n) is 12.9. The van der Waals surface area contributed by atoms with Gasteiger partial charge in [0.25, 0.3) is 5.91 Å². The fourth-order valence-corrected chi connectivity index (χ4v) is 2.48. The molecule has 0 spiro atoms. The van der Waals surface area contributed by atoms with E-state index in [4.69, 9.17) is 9.94 Å². The van der Waals surface area contributed by atoms with Crippen LogP contribution in [0.5, 0.6) is 5.75 Å². The van der Waals surface area contributed by atoms with Crippen LogP contribution in [0.3, 0.4) is 0 Å². The van der Waals surface area contributed by atoms with Crippen LogP contribution >= 0.6 is 0 Å². The van der Waals surface area contributed by atoms with Crippen molar-refractivity contribution < 1.29 is 14.7 Å². The van der Waals surface area contributed by atoms with Crippen LogP contribution in [-0.4, -0.2) is 11.1 Å². The summed E-state index contributed by atoms with van der Waals surface area (Å²) in [6.07, 6.45) is -0.928. The largest absolute Gasteiger partial charge is 0.476 e. The lowest BCUT2D eigenvalue weighted by molar-refractivity contribution is -0.136. The topological polar surface area (TPSA) is 58.6 Å². The number of hydrogen-bond acceptors (Lipinski definition) is 3. The molecule has 0 aliphatic carbocycles. The Morgan fingerprint density at radius 2 is 1.46 bits per heavy atom. The van der Waals surface area contributed by atoms with Gasteiger partial charge in [0, 0.05) is 5.56 Å². The average Bonchev–Trinajstić information content (AvgIpc) is 2.67. The fourth-order valence-electron chi connectivity index (χ4n) is 2.48. The second kappa shape index (κ2) is 7.44. The van der Waals surface area contributed by atoms with Crippen LogP contribution in [-0.2, 0) is 4.79 Å². The van der Waals surface area contributed by atoms with Gasteiger partial charge >= 0.3 is 0 Å². The normalized spacial score (nSPS) is 11.5. The number of rotatable bonds is 5. The van der Waals surface area contributed by atoms with E-state index < -0.39 is 12.0 Å². The monoisotopic (exact) mass is 319 g/mol. The number of benzene rings is 3. The van der Waals surface area contributed by atoms with E-state index in [1.807, 2.05) is 66.7 Å². The van der Waals surface area contributed by atoms with Crippen molar-refractivity contribution in [3.8, 4) is 16.9 Å². The summed E-state index contributed by atoms with van der Waals surface area (Å²) in [7, 11) is 0. The highest BCUT2D eigenvalue weighted by Crippen LogP contribution is 2.27. The molecule has 0 saturated heterocycles. The number of amides is 1. The molecule has 4 nitrogen and oxygen atoms in total. The van der Waals surface area contributed by atoms with Gasteiger partial charge in [0.2, 0.25) is 6.10 Å². The highest BCUT2D eigenvalue weighted by atomic mass is 16.5. The van der Waals surface area contributed by atoms with Crippen molar-refractivity contribution in [1.29, 1.82) is 0 Å². The number of nitrogens with one attached hydrogen (secondary N) is 1. The Morgan fingerprint density at radius 1 is 0.833 bits per heavy atom. The summed E-state index contributed by atoms with van der Waals surface area (Å²) in [6, 6.07) is 26.5. The van der Waals surface area contributed by atoms with Gasteiger partial charge in [0.1, 0.15) is 5.75 Å². The van der Waals surface area contributed by atoms with Gasteiger partial charge in [-0.3, -0.25) is 10.0 Å². The minimum Gasteiger partial charge on any atom is -0.476 e. The molecule has 1 unspecified atom stereocenters. The van der Waals surface area contributed by atoms with Gasteiger partial charge in [-0.2, -0.15) is 0 Å². The predicted octanol–water partition coefficient (Wildman–Crippen LogP) is 3.98. The lowest BCUT2D eigenvalue weighted by Gasteiger charge is -2.18. The average molecular weight is 319 g/mol. The maximum absolute atomic E-state index is 12.0. The fraction of sp³-hybridized carbons (Fsp3) is 0.0500. The highest BCUT2D eigenvalue weighted by Gasteiger charge is 2.22. The summed E-state index contributed by atoms with van der Waals surface area (Å²) >= 11 is 0. The Hall–Kier alpha value is -3.11. The molecule has 24 heavy (non-hydrogen) atoms. The Morgan fingerprint density at radius 3 is 2.12 bits per heavy atom. The van der Waals surface area contributed by atoms with Gasteiger partial charge in [0.05, 0.1) is 0 Å². The molecular formula is C20H17NO3. The summed E-state index contributed by atoms with van der Waals surface area (Å²) in [5, 5.41) is 9.00. The van der Waals surface area contributed by atoms with E-state index in [9.17, 15) is 4.79 Å². The molecule has 4 heteroatoms. The van der Waals surface area contributed by atoms with Crippen LogP contribution in [0, 0.1) is 0 Å². The summed E-state index contributed by atoms with van der Waals surface area (Å²) in [6.45, 7) is 0. The molecule has 120 valence electrons. The molecule has 3 aromatic carbocycles. The molecule has 3 rings (SSSR count). The molecule has 0 radical (unpaired) electrons. The van der Waals surface area contributed by atoms with Crippen LogP contribution in [0.2, 0.25) is 0 Å². The van der Waals surface area contributed by atoms with Crippen LogP contribution in [0.15, 0.2) is 84.9 Å². The van der Waals surface area contributed by atoms with Crippen molar-refractivity contribution in [2.75, 3.05) is 0 Å². The summed E-state index contributed by atoms with van der Waals surface area (Å²) < 4.78 is 5.84. The molecule has 0 fully saturated rings. The molecule has 3 aromatic rings. The second-order valence-corrected chi connectivity index (χ2v) is 5.28. The Balaban J connectivity index is 1.89. The van der Waals surface area contributed by atoms with E-state index in [-0.39, 0.29) is 0 Å². The predicted molar refractivity (Wildman–Crippen MR) is 91.6 cm³/mol. The zero-order chi connectivity index (χ0) is 16.8. The Bertz CT molecular complexity index is 803. The molecule has 0 bridgehead atoms. The zero-order valence-corrected chi connectivity index (χ0v) is 12.9. The minimum absolute atomic E-state index is 0.550. The third kappa shape index (κ3) is 3.62. The first-order chi connectivity index (χ1) is 11.8. The summed E-state index contributed by atoms with van der Waals surface area (Å²) in [5.74, 6) is -0.0693.